The van der Waals surface area contributed by atoms with Crippen LogP contribution < -0.4 is 5.32 Å². The summed E-state index contributed by atoms with van der Waals surface area (Å²) < 4.78 is 0. The summed E-state index contributed by atoms with van der Waals surface area (Å²) in [7, 11) is 0. The van der Waals surface area contributed by atoms with Crippen LogP contribution in [-0.4, -0.2) is 34.7 Å². The maximum atomic E-state index is 12.1. The highest BCUT2D eigenvalue weighted by atomic mass is 35.5. The van der Waals surface area contributed by atoms with Gasteiger partial charge in [-0.3, -0.25) is 14.5 Å². The molecule has 1 aromatic rings. The number of rotatable bonds is 3. The number of urea groups is 1. The summed E-state index contributed by atoms with van der Waals surface area (Å²) >= 11 is 11.7. The number of carbonyl (C=O) groups is 3. The highest BCUT2D eigenvalue weighted by Crippen LogP contribution is 2.23. The molecule has 1 aliphatic rings. The summed E-state index contributed by atoms with van der Waals surface area (Å²) in [5, 5.41) is 3.10. The van der Waals surface area contributed by atoms with Gasteiger partial charge in [0.15, 0.2) is 5.78 Å². The molecule has 2 rings (SSSR count). The Kier molecular flexibility index (Phi) is 3.75. The number of amides is 3. The molecule has 0 aliphatic carbocycles. The molecule has 20 heavy (non-hydrogen) atoms. The number of Topliss-reactive ketones (excluding diaryl/α,β-unsaturated/α-hetero) is 1. The van der Waals surface area contributed by atoms with Crippen LogP contribution in [0.5, 0.6) is 0 Å². The monoisotopic (exact) mass is 314 g/mol. The maximum absolute atomic E-state index is 12.1. The van der Waals surface area contributed by atoms with Crippen molar-refractivity contribution in [1.82, 2.24) is 10.2 Å². The summed E-state index contributed by atoms with van der Waals surface area (Å²) in [6, 6.07) is 3.85. The largest absolute Gasteiger partial charge is 0.325 e. The molecule has 0 radical (unpaired) electrons. The highest BCUT2D eigenvalue weighted by molar-refractivity contribution is 6.37. The Bertz CT molecular complexity index is 614. The smallest absolute Gasteiger partial charge is 0.324 e. The van der Waals surface area contributed by atoms with Gasteiger partial charge in [-0.1, -0.05) is 23.2 Å². The van der Waals surface area contributed by atoms with E-state index < -0.39 is 23.3 Å². The SMILES string of the molecule is CC1(C)NC(=O)N(CC(=O)c2ccc(Cl)cc2Cl)C1=O. The fraction of sp³-hybridized carbons (Fsp3) is 0.308. The van der Waals surface area contributed by atoms with E-state index in [9.17, 15) is 14.4 Å². The van der Waals surface area contributed by atoms with Crippen LogP contribution in [0, 0.1) is 0 Å². The topological polar surface area (TPSA) is 66.5 Å². The molecule has 1 N–H and O–H groups in total. The van der Waals surface area contributed by atoms with E-state index in [2.05, 4.69) is 5.32 Å². The molecule has 0 bridgehead atoms. The molecule has 1 heterocycles. The number of benzene rings is 1. The lowest BCUT2D eigenvalue weighted by atomic mass is 10.1. The van der Waals surface area contributed by atoms with Crippen molar-refractivity contribution in [2.75, 3.05) is 6.54 Å². The van der Waals surface area contributed by atoms with E-state index in [-0.39, 0.29) is 17.1 Å². The van der Waals surface area contributed by atoms with Gasteiger partial charge in [0.1, 0.15) is 5.54 Å². The third-order valence-electron chi connectivity index (χ3n) is 2.98. The van der Waals surface area contributed by atoms with E-state index >= 15 is 0 Å². The lowest BCUT2D eigenvalue weighted by molar-refractivity contribution is -0.129. The average Bonchev–Trinajstić information content (AvgIpc) is 2.51. The van der Waals surface area contributed by atoms with Gasteiger partial charge in [0.2, 0.25) is 0 Å². The Morgan fingerprint density at radius 1 is 1.30 bits per heavy atom. The van der Waals surface area contributed by atoms with Crippen LogP contribution >= 0.6 is 23.2 Å². The van der Waals surface area contributed by atoms with E-state index in [1.165, 1.54) is 18.2 Å². The van der Waals surface area contributed by atoms with E-state index in [1.54, 1.807) is 13.8 Å². The molecular weight excluding hydrogens is 303 g/mol. The van der Waals surface area contributed by atoms with Crippen molar-refractivity contribution in [3.63, 3.8) is 0 Å². The molecule has 1 saturated heterocycles. The van der Waals surface area contributed by atoms with Crippen molar-refractivity contribution in [1.29, 1.82) is 0 Å². The third-order valence-corrected chi connectivity index (χ3v) is 3.53. The van der Waals surface area contributed by atoms with Crippen LogP contribution in [0.2, 0.25) is 10.0 Å². The van der Waals surface area contributed by atoms with Crippen molar-refractivity contribution < 1.29 is 14.4 Å². The van der Waals surface area contributed by atoms with E-state index in [0.717, 1.165) is 4.90 Å². The van der Waals surface area contributed by atoms with Crippen LogP contribution in [-0.2, 0) is 4.79 Å². The summed E-state index contributed by atoms with van der Waals surface area (Å²) in [5.74, 6) is -0.867. The van der Waals surface area contributed by atoms with Gasteiger partial charge in [0, 0.05) is 10.6 Å². The second-order valence-corrected chi connectivity index (χ2v) is 5.84. The molecule has 1 fully saturated rings. The molecule has 0 saturated carbocycles. The molecule has 7 heteroatoms. The Morgan fingerprint density at radius 3 is 2.45 bits per heavy atom. The van der Waals surface area contributed by atoms with E-state index in [4.69, 9.17) is 23.2 Å². The standard InChI is InChI=1S/C13H12Cl2N2O3/c1-13(2)11(19)17(12(20)16-13)6-10(18)8-4-3-7(14)5-9(8)15/h3-5H,6H2,1-2H3,(H,16,20). The predicted molar refractivity (Wildman–Crippen MR) is 75.1 cm³/mol. The molecule has 0 atom stereocenters. The molecule has 0 unspecified atom stereocenters. The second-order valence-electron chi connectivity index (χ2n) is 4.99. The highest BCUT2D eigenvalue weighted by Gasteiger charge is 2.44. The summed E-state index contributed by atoms with van der Waals surface area (Å²) in [6.45, 7) is 2.80. The maximum Gasteiger partial charge on any atom is 0.325 e. The molecule has 106 valence electrons. The molecular formula is C13H12Cl2N2O3. The summed E-state index contributed by atoms with van der Waals surface area (Å²) in [4.78, 5) is 36.7. The number of halogens is 2. The summed E-state index contributed by atoms with van der Waals surface area (Å²) in [5.41, 5.74) is -0.775. The van der Waals surface area contributed by atoms with Gasteiger partial charge in [-0.15, -0.1) is 0 Å². The van der Waals surface area contributed by atoms with Gasteiger partial charge in [0.05, 0.1) is 11.6 Å². The fourth-order valence-corrected chi connectivity index (χ4v) is 2.42. The first-order chi connectivity index (χ1) is 9.22. The Morgan fingerprint density at radius 2 is 1.95 bits per heavy atom. The molecule has 0 aromatic heterocycles. The normalized spacial score (nSPS) is 17.3. The molecule has 3 amide bonds. The quantitative estimate of drug-likeness (QED) is 0.688. The Labute approximate surface area is 125 Å². The van der Waals surface area contributed by atoms with Crippen LogP contribution in [0.25, 0.3) is 0 Å². The van der Waals surface area contributed by atoms with Gasteiger partial charge < -0.3 is 5.32 Å². The zero-order valence-electron chi connectivity index (χ0n) is 10.9. The van der Waals surface area contributed by atoms with Crippen molar-refractivity contribution in [2.24, 2.45) is 0 Å². The third kappa shape index (κ3) is 2.64. The van der Waals surface area contributed by atoms with Gasteiger partial charge in [-0.05, 0) is 32.0 Å². The number of ketones is 1. The number of hydrogen-bond donors (Lipinski definition) is 1. The van der Waals surface area contributed by atoms with Crippen LogP contribution in [0.1, 0.15) is 24.2 Å². The van der Waals surface area contributed by atoms with Gasteiger partial charge in [0.25, 0.3) is 5.91 Å². The molecule has 1 aliphatic heterocycles. The van der Waals surface area contributed by atoms with Crippen molar-refractivity contribution in [2.45, 2.75) is 19.4 Å². The first-order valence-electron chi connectivity index (χ1n) is 5.85. The number of nitrogens with one attached hydrogen (secondary N) is 1. The van der Waals surface area contributed by atoms with Gasteiger partial charge in [-0.2, -0.15) is 0 Å². The van der Waals surface area contributed by atoms with Crippen molar-refractivity contribution in [3.05, 3.63) is 33.8 Å². The number of nitrogens with zero attached hydrogens (tertiary/aromatic N) is 1. The van der Waals surface area contributed by atoms with Crippen molar-refractivity contribution >= 4 is 40.9 Å². The first kappa shape index (κ1) is 14.8. The number of hydrogen-bond acceptors (Lipinski definition) is 3. The zero-order valence-corrected chi connectivity index (χ0v) is 12.4. The Hall–Kier alpha value is -1.59. The van der Waals surface area contributed by atoms with Crippen LogP contribution in [0.4, 0.5) is 4.79 Å². The minimum atomic E-state index is -0.999. The summed E-state index contributed by atoms with van der Waals surface area (Å²) in [6.07, 6.45) is 0. The van der Waals surface area contributed by atoms with Crippen molar-refractivity contribution in [3.8, 4) is 0 Å². The Balaban J connectivity index is 2.20. The first-order valence-corrected chi connectivity index (χ1v) is 6.60. The van der Waals surface area contributed by atoms with Gasteiger partial charge in [-0.25, -0.2) is 4.79 Å². The zero-order chi connectivity index (χ0) is 15.1. The predicted octanol–water partition coefficient (Wildman–Crippen LogP) is 2.51. The number of imide groups is 1. The lowest BCUT2D eigenvalue weighted by Gasteiger charge is -2.15. The lowest BCUT2D eigenvalue weighted by Crippen LogP contribution is -2.41. The fourth-order valence-electron chi connectivity index (χ4n) is 1.91. The number of carbonyl (C=O) groups excluding carboxylic acids is 3. The second kappa shape index (κ2) is 5.07. The molecule has 0 spiro atoms. The minimum absolute atomic E-state index is 0.189. The molecule has 1 aromatic carbocycles. The average molecular weight is 315 g/mol. The van der Waals surface area contributed by atoms with E-state index in [0.29, 0.717) is 5.02 Å². The van der Waals surface area contributed by atoms with Crippen LogP contribution in [0.15, 0.2) is 18.2 Å². The van der Waals surface area contributed by atoms with E-state index in [1.807, 2.05) is 0 Å². The van der Waals surface area contributed by atoms with Crippen LogP contribution in [0.3, 0.4) is 0 Å². The van der Waals surface area contributed by atoms with Gasteiger partial charge >= 0.3 is 6.03 Å². The minimum Gasteiger partial charge on any atom is -0.324 e. The molecule has 5 nitrogen and oxygen atoms in total.